The van der Waals surface area contributed by atoms with Crippen molar-refractivity contribution in [3.63, 3.8) is 0 Å². The second kappa shape index (κ2) is 7.90. The van der Waals surface area contributed by atoms with Crippen LogP contribution in [0.3, 0.4) is 0 Å². The molecule has 1 amide bonds. The first-order valence-corrected chi connectivity index (χ1v) is 9.54. The van der Waals surface area contributed by atoms with Crippen LogP contribution in [0.15, 0.2) is 29.4 Å². The van der Waals surface area contributed by atoms with Crippen LogP contribution in [0.4, 0.5) is 5.69 Å². The Morgan fingerprint density at radius 3 is 2.81 bits per heavy atom. The van der Waals surface area contributed by atoms with Crippen molar-refractivity contribution >= 4 is 29.3 Å². The molecule has 0 aliphatic heterocycles. The molecule has 0 bridgehead atoms. The number of ether oxygens (including phenoxy) is 1. The molecule has 3 rings (SSSR count). The number of thioether (sulfide) groups is 1. The third kappa shape index (κ3) is 4.24. The van der Waals surface area contributed by atoms with Gasteiger partial charge in [-0.3, -0.25) is 14.2 Å². The lowest BCUT2D eigenvalue weighted by atomic mass is 10.2. The van der Waals surface area contributed by atoms with Gasteiger partial charge in [-0.25, -0.2) is 0 Å². The lowest BCUT2D eigenvalue weighted by Gasteiger charge is -2.14. The number of anilines is 1. The summed E-state index contributed by atoms with van der Waals surface area (Å²) in [6.07, 6.45) is 2.17. The summed E-state index contributed by atoms with van der Waals surface area (Å²) in [6.45, 7) is 5.41. The summed E-state index contributed by atoms with van der Waals surface area (Å²) < 4.78 is 7.06. The zero-order chi connectivity index (χ0) is 18.7. The average molecular weight is 374 g/mol. The Hall–Kier alpha value is -2.35. The van der Waals surface area contributed by atoms with E-state index in [2.05, 4.69) is 15.5 Å². The molecule has 0 spiro atoms. The maximum atomic E-state index is 12.0. The van der Waals surface area contributed by atoms with Crippen molar-refractivity contribution in [1.29, 1.82) is 0 Å². The molecule has 0 radical (unpaired) electrons. The van der Waals surface area contributed by atoms with Crippen molar-refractivity contribution in [2.45, 2.75) is 49.9 Å². The highest BCUT2D eigenvalue weighted by Gasteiger charge is 2.32. The quantitative estimate of drug-likeness (QED) is 0.592. The number of hydrogen-bond donors (Lipinski definition) is 1. The van der Waals surface area contributed by atoms with Crippen molar-refractivity contribution in [3.05, 3.63) is 30.1 Å². The van der Waals surface area contributed by atoms with E-state index in [0.717, 1.165) is 24.4 Å². The Morgan fingerprint density at radius 1 is 1.38 bits per heavy atom. The Bertz CT molecular complexity index is 817. The molecule has 0 unspecified atom stereocenters. The first kappa shape index (κ1) is 18.4. The number of aromatic nitrogens is 3. The second-order valence-corrected chi connectivity index (χ2v) is 7.50. The molecule has 1 saturated carbocycles. The lowest BCUT2D eigenvalue weighted by molar-refractivity contribution is -0.142. The van der Waals surface area contributed by atoms with Gasteiger partial charge in [-0.1, -0.05) is 17.8 Å². The largest absolute Gasteiger partial charge is 0.465 e. The average Bonchev–Trinajstić information content (AvgIpc) is 3.35. The van der Waals surface area contributed by atoms with Crippen molar-refractivity contribution in [3.8, 4) is 5.69 Å². The van der Waals surface area contributed by atoms with Gasteiger partial charge in [0.15, 0.2) is 5.16 Å². The molecule has 7 nitrogen and oxygen atoms in total. The molecule has 1 aliphatic carbocycles. The molecule has 1 aliphatic rings. The summed E-state index contributed by atoms with van der Waals surface area (Å²) in [5, 5.41) is 11.7. The Morgan fingerprint density at radius 2 is 2.15 bits per heavy atom. The van der Waals surface area contributed by atoms with Crippen LogP contribution in [0.2, 0.25) is 0 Å². The fourth-order valence-corrected chi connectivity index (χ4v) is 3.47. The number of nitrogens with one attached hydrogen (secondary N) is 1. The molecule has 1 N–H and O–H groups in total. The van der Waals surface area contributed by atoms with Crippen LogP contribution >= 0.6 is 11.8 Å². The fraction of sp³-hybridized carbons (Fsp3) is 0.444. The van der Waals surface area contributed by atoms with Gasteiger partial charge in [0.05, 0.1) is 12.3 Å². The number of amides is 1. The van der Waals surface area contributed by atoms with Gasteiger partial charge in [0.1, 0.15) is 11.1 Å². The van der Waals surface area contributed by atoms with Gasteiger partial charge in [-0.15, -0.1) is 10.2 Å². The van der Waals surface area contributed by atoms with Crippen LogP contribution in [0.25, 0.3) is 5.69 Å². The highest BCUT2D eigenvalue weighted by molar-refractivity contribution is 8.00. The molecule has 138 valence electrons. The van der Waals surface area contributed by atoms with Gasteiger partial charge in [0.2, 0.25) is 5.91 Å². The molecule has 0 saturated heterocycles. The van der Waals surface area contributed by atoms with Gasteiger partial charge in [-0.05, 0) is 44.9 Å². The zero-order valence-corrected chi connectivity index (χ0v) is 15.9. The van der Waals surface area contributed by atoms with E-state index in [0.29, 0.717) is 23.4 Å². The second-order valence-electron chi connectivity index (χ2n) is 6.19. The van der Waals surface area contributed by atoms with E-state index in [4.69, 9.17) is 4.74 Å². The van der Waals surface area contributed by atoms with Crippen molar-refractivity contribution in [2.24, 2.45) is 0 Å². The monoisotopic (exact) mass is 374 g/mol. The summed E-state index contributed by atoms with van der Waals surface area (Å²) in [7, 11) is 0. The van der Waals surface area contributed by atoms with Crippen LogP contribution < -0.4 is 5.32 Å². The summed E-state index contributed by atoms with van der Waals surface area (Å²) in [5.41, 5.74) is 1.57. The van der Waals surface area contributed by atoms with Gasteiger partial charge in [0, 0.05) is 18.5 Å². The molecule has 1 atom stereocenters. The van der Waals surface area contributed by atoms with Crippen molar-refractivity contribution in [1.82, 2.24) is 14.8 Å². The molecular formula is C18H22N4O3S. The molecule has 1 heterocycles. The first-order chi connectivity index (χ1) is 12.5. The van der Waals surface area contributed by atoms with E-state index in [1.165, 1.54) is 18.7 Å². The predicted octanol–water partition coefficient (Wildman–Crippen LogP) is 3.15. The standard InChI is InChI=1S/C18H22N4O3S/c1-4-25-17(24)11(2)26-18-21-20-16(13-8-9-13)22(18)15-7-5-6-14(10-15)19-12(3)23/h5-7,10-11,13H,4,8-9H2,1-3H3,(H,19,23)/t11-/m0/s1. The third-order valence-electron chi connectivity index (χ3n) is 3.93. The molecule has 1 aromatic carbocycles. The number of benzene rings is 1. The number of rotatable bonds is 7. The summed E-state index contributed by atoms with van der Waals surface area (Å²) in [6, 6.07) is 7.54. The van der Waals surface area contributed by atoms with Crippen LogP contribution in [0.5, 0.6) is 0 Å². The van der Waals surface area contributed by atoms with Crippen LogP contribution in [-0.2, 0) is 14.3 Å². The number of carbonyl (C=O) groups is 2. The molecule has 8 heteroatoms. The van der Waals surface area contributed by atoms with E-state index < -0.39 is 0 Å². The maximum absolute atomic E-state index is 12.0. The van der Waals surface area contributed by atoms with Crippen LogP contribution in [0.1, 0.15) is 45.4 Å². The minimum absolute atomic E-state index is 0.126. The van der Waals surface area contributed by atoms with E-state index in [9.17, 15) is 9.59 Å². The Labute approximate surface area is 156 Å². The van der Waals surface area contributed by atoms with Crippen LogP contribution in [0, 0.1) is 0 Å². The lowest BCUT2D eigenvalue weighted by Crippen LogP contribution is -2.17. The number of nitrogens with zero attached hydrogens (tertiary/aromatic N) is 3. The highest BCUT2D eigenvalue weighted by Crippen LogP contribution is 2.41. The molecular weight excluding hydrogens is 352 g/mol. The molecule has 2 aromatic rings. The fourth-order valence-electron chi connectivity index (χ4n) is 2.60. The normalized spacial score (nSPS) is 14.7. The summed E-state index contributed by atoms with van der Waals surface area (Å²) in [4.78, 5) is 23.3. The number of carbonyl (C=O) groups excluding carboxylic acids is 2. The smallest absolute Gasteiger partial charge is 0.319 e. The SMILES string of the molecule is CCOC(=O)[C@H](C)Sc1nnc(C2CC2)n1-c1cccc(NC(C)=O)c1. The third-order valence-corrected chi connectivity index (χ3v) is 4.95. The zero-order valence-electron chi connectivity index (χ0n) is 15.1. The summed E-state index contributed by atoms with van der Waals surface area (Å²) in [5.74, 6) is 0.883. The Balaban J connectivity index is 1.93. The first-order valence-electron chi connectivity index (χ1n) is 8.66. The predicted molar refractivity (Wildman–Crippen MR) is 99.6 cm³/mol. The minimum Gasteiger partial charge on any atom is -0.465 e. The van der Waals surface area contributed by atoms with Gasteiger partial charge in [-0.2, -0.15) is 0 Å². The van der Waals surface area contributed by atoms with E-state index in [-0.39, 0.29) is 17.1 Å². The van der Waals surface area contributed by atoms with Gasteiger partial charge in [0.25, 0.3) is 0 Å². The number of esters is 1. The summed E-state index contributed by atoms with van der Waals surface area (Å²) >= 11 is 1.33. The Kier molecular flexibility index (Phi) is 5.61. The van der Waals surface area contributed by atoms with Crippen molar-refractivity contribution < 1.29 is 14.3 Å². The van der Waals surface area contributed by atoms with E-state index in [1.54, 1.807) is 13.8 Å². The van der Waals surface area contributed by atoms with E-state index in [1.807, 2.05) is 28.8 Å². The molecule has 26 heavy (non-hydrogen) atoms. The maximum Gasteiger partial charge on any atom is 0.319 e. The highest BCUT2D eigenvalue weighted by atomic mass is 32.2. The minimum atomic E-state index is -0.386. The number of hydrogen-bond acceptors (Lipinski definition) is 6. The topological polar surface area (TPSA) is 86.1 Å². The van der Waals surface area contributed by atoms with Gasteiger partial charge >= 0.3 is 5.97 Å². The van der Waals surface area contributed by atoms with Crippen molar-refractivity contribution in [2.75, 3.05) is 11.9 Å². The van der Waals surface area contributed by atoms with Crippen LogP contribution in [-0.4, -0.2) is 38.5 Å². The van der Waals surface area contributed by atoms with Gasteiger partial charge < -0.3 is 10.1 Å². The molecule has 1 fully saturated rings. The van der Waals surface area contributed by atoms with E-state index >= 15 is 0 Å². The molecule has 1 aromatic heterocycles.